The molecule has 0 aromatic carbocycles. The number of carbonyl (C=O) groups is 1. The lowest BCUT2D eigenvalue weighted by Gasteiger charge is -2.19. The van der Waals surface area contributed by atoms with E-state index in [0.717, 1.165) is 43.9 Å². The van der Waals surface area contributed by atoms with Gasteiger partial charge in [0.1, 0.15) is 5.65 Å². The van der Waals surface area contributed by atoms with Crippen molar-refractivity contribution in [3.05, 3.63) is 36.3 Å². The zero-order chi connectivity index (χ0) is 13.1. The van der Waals surface area contributed by atoms with Crippen molar-refractivity contribution >= 4 is 36.4 Å². The molecule has 0 spiro atoms. The molecular weight excluding hydrogens is 311 g/mol. The summed E-state index contributed by atoms with van der Waals surface area (Å²) < 4.78 is 1.95. The summed E-state index contributed by atoms with van der Waals surface area (Å²) in [6.45, 7) is 3.53. The van der Waals surface area contributed by atoms with Gasteiger partial charge in [-0.2, -0.15) is 0 Å². The maximum Gasteiger partial charge on any atom is 0.228 e. The normalized spacial score (nSPS) is 15.0. The van der Waals surface area contributed by atoms with Crippen molar-refractivity contribution in [1.29, 1.82) is 0 Å². The number of nitrogens with one attached hydrogen (secondary N) is 1. The van der Waals surface area contributed by atoms with Gasteiger partial charge >= 0.3 is 0 Å². The summed E-state index contributed by atoms with van der Waals surface area (Å²) in [6.07, 6.45) is 5.30. The van der Waals surface area contributed by atoms with E-state index in [-0.39, 0.29) is 30.7 Å². The molecule has 0 atom stereocenters. The predicted octanol–water partition coefficient (Wildman–Crippen LogP) is 1.54. The molecule has 1 fully saturated rings. The molecular formula is C14H20Cl2N4O. The van der Waals surface area contributed by atoms with Crippen LogP contribution >= 0.6 is 24.8 Å². The molecule has 116 valence electrons. The van der Waals surface area contributed by atoms with Crippen LogP contribution in [0.1, 0.15) is 12.1 Å². The van der Waals surface area contributed by atoms with Crippen molar-refractivity contribution < 1.29 is 4.79 Å². The molecule has 1 N–H and O–H groups in total. The van der Waals surface area contributed by atoms with Crippen LogP contribution in [0.15, 0.2) is 30.6 Å². The highest BCUT2D eigenvalue weighted by molar-refractivity contribution is 5.85. The molecule has 1 aliphatic rings. The molecule has 7 heteroatoms. The Hall–Kier alpha value is -1.30. The van der Waals surface area contributed by atoms with Crippen molar-refractivity contribution in [3.8, 4) is 0 Å². The Kier molecular flexibility index (Phi) is 6.95. The second-order valence-corrected chi connectivity index (χ2v) is 4.86. The molecule has 21 heavy (non-hydrogen) atoms. The maximum atomic E-state index is 12.2. The molecule has 0 aliphatic carbocycles. The highest BCUT2D eigenvalue weighted by Crippen LogP contribution is 2.07. The Morgan fingerprint density at radius 1 is 1.24 bits per heavy atom. The Morgan fingerprint density at radius 3 is 2.90 bits per heavy atom. The second kappa shape index (κ2) is 8.22. The van der Waals surface area contributed by atoms with E-state index in [1.54, 1.807) is 0 Å². The number of nitrogens with zero attached hydrogens (tertiary/aromatic N) is 3. The van der Waals surface area contributed by atoms with Crippen LogP contribution in [0, 0.1) is 0 Å². The highest BCUT2D eigenvalue weighted by atomic mass is 35.5. The van der Waals surface area contributed by atoms with Crippen LogP contribution in [-0.2, 0) is 11.2 Å². The molecule has 5 nitrogen and oxygen atoms in total. The van der Waals surface area contributed by atoms with Crippen LogP contribution in [0.25, 0.3) is 5.65 Å². The van der Waals surface area contributed by atoms with E-state index in [4.69, 9.17) is 0 Å². The van der Waals surface area contributed by atoms with Crippen molar-refractivity contribution in [2.24, 2.45) is 0 Å². The summed E-state index contributed by atoms with van der Waals surface area (Å²) in [6, 6.07) is 5.86. The Labute approximate surface area is 136 Å². The van der Waals surface area contributed by atoms with Gasteiger partial charge in [-0.1, -0.05) is 6.07 Å². The number of carbonyl (C=O) groups excluding carboxylic acids is 1. The first-order valence-corrected chi connectivity index (χ1v) is 6.74. The number of hydrogen-bond acceptors (Lipinski definition) is 3. The summed E-state index contributed by atoms with van der Waals surface area (Å²) in [7, 11) is 0. The average molecular weight is 331 g/mol. The minimum absolute atomic E-state index is 0. The van der Waals surface area contributed by atoms with Crippen LogP contribution in [-0.4, -0.2) is 46.4 Å². The standard InChI is InChI=1S/C14H18N4O.2ClH/c19-14(17-8-3-5-15-6-9-17)10-12-11-18-7-2-1-4-13(18)16-12;;/h1-2,4,7,11,15H,3,5-6,8-10H2;2*1H. The molecule has 0 saturated carbocycles. The van der Waals surface area contributed by atoms with Gasteiger partial charge < -0.3 is 14.6 Å². The number of pyridine rings is 1. The molecule has 0 unspecified atom stereocenters. The van der Waals surface area contributed by atoms with Gasteiger partial charge in [0.25, 0.3) is 0 Å². The van der Waals surface area contributed by atoms with Crippen LogP contribution < -0.4 is 5.32 Å². The zero-order valence-electron chi connectivity index (χ0n) is 11.7. The predicted molar refractivity (Wildman–Crippen MR) is 87.5 cm³/mol. The van der Waals surface area contributed by atoms with E-state index >= 15 is 0 Å². The summed E-state index contributed by atoms with van der Waals surface area (Å²) >= 11 is 0. The molecule has 0 radical (unpaired) electrons. The number of rotatable bonds is 2. The fourth-order valence-corrected chi connectivity index (χ4v) is 2.43. The molecule has 0 bridgehead atoms. The van der Waals surface area contributed by atoms with Crippen LogP contribution in [0.3, 0.4) is 0 Å². The first kappa shape index (κ1) is 17.8. The van der Waals surface area contributed by atoms with Gasteiger partial charge in [0.05, 0.1) is 12.1 Å². The summed E-state index contributed by atoms with van der Waals surface area (Å²) in [4.78, 5) is 18.7. The minimum atomic E-state index is 0. The van der Waals surface area contributed by atoms with Crippen LogP contribution in [0.2, 0.25) is 0 Å². The fourth-order valence-electron chi connectivity index (χ4n) is 2.43. The van der Waals surface area contributed by atoms with Crippen molar-refractivity contribution in [2.75, 3.05) is 26.2 Å². The SMILES string of the molecule is Cl.Cl.O=C(Cc1cn2ccccc2n1)N1CCCNCC1. The highest BCUT2D eigenvalue weighted by Gasteiger charge is 2.16. The molecule has 2 aromatic heterocycles. The smallest absolute Gasteiger partial charge is 0.228 e. The van der Waals surface area contributed by atoms with E-state index in [1.807, 2.05) is 39.9 Å². The molecule has 3 heterocycles. The fraction of sp³-hybridized carbons (Fsp3) is 0.429. The van der Waals surface area contributed by atoms with Crippen LogP contribution in [0.4, 0.5) is 0 Å². The minimum Gasteiger partial charge on any atom is -0.341 e. The molecule has 1 saturated heterocycles. The van der Waals surface area contributed by atoms with Crippen LogP contribution in [0.5, 0.6) is 0 Å². The number of fused-ring (bicyclic) bond motifs is 1. The number of halogens is 2. The van der Waals surface area contributed by atoms with Gasteiger partial charge in [0, 0.05) is 32.0 Å². The van der Waals surface area contributed by atoms with Crippen molar-refractivity contribution in [3.63, 3.8) is 0 Å². The Bertz CT molecular complexity index is 546. The summed E-state index contributed by atoms with van der Waals surface area (Å²) in [5, 5.41) is 3.30. The largest absolute Gasteiger partial charge is 0.341 e. The third kappa shape index (κ3) is 4.33. The summed E-state index contributed by atoms with van der Waals surface area (Å²) in [5.41, 5.74) is 1.73. The van der Waals surface area contributed by atoms with Gasteiger partial charge in [-0.15, -0.1) is 24.8 Å². The van der Waals surface area contributed by atoms with Gasteiger partial charge in [-0.3, -0.25) is 4.79 Å². The first-order chi connectivity index (χ1) is 9.33. The van der Waals surface area contributed by atoms with Gasteiger partial charge in [0.15, 0.2) is 0 Å². The zero-order valence-corrected chi connectivity index (χ0v) is 13.3. The van der Waals surface area contributed by atoms with Crippen molar-refractivity contribution in [2.45, 2.75) is 12.8 Å². The lowest BCUT2D eigenvalue weighted by molar-refractivity contribution is -0.130. The monoisotopic (exact) mass is 330 g/mol. The topological polar surface area (TPSA) is 49.6 Å². The summed E-state index contributed by atoms with van der Waals surface area (Å²) in [5.74, 6) is 0.173. The number of imidazole rings is 1. The lowest BCUT2D eigenvalue weighted by Crippen LogP contribution is -2.35. The first-order valence-electron chi connectivity index (χ1n) is 6.74. The van der Waals surface area contributed by atoms with Gasteiger partial charge in [-0.05, 0) is 25.1 Å². The Morgan fingerprint density at radius 2 is 2.10 bits per heavy atom. The van der Waals surface area contributed by atoms with E-state index in [2.05, 4.69) is 10.3 Å². The quantitative estimate of drug-likeness (QED) is 0.908. The molecule has 1 amide bonds. The maximum absolute atomic E-state index is 12.2. The number of amides is 1. The third-order valence-electron chi connectivity index (χ3n) is 3.44. The van der Waals surface area contributed by atoms with E-state index in [0.29, 0.717) is 6.42 Å². The van der Waals surface area contributed by atoms with Gasteiger partial charge in [-0.25, -0.2) is 4.98 Å². The molecule has 1 aliphatic heterocycles. The number of hydrogen-bond donors (Lipinski definition) is 1. The third-order valence-corrected chi connectivity index (χ3v) is 3.44. The lowest BCUT2D eigenvalue weighted by atomic mass is 10.3. The van der Waals surface area contributed by atoms with E-state index < -0.39 is 0 Å². The van der Waals surface area contributed by atoms with E-state index in [1.165, 1.54) is 0 Å². The van der Waals surface area contributed by atoms with Crippen molar-refractivity contribution in [1.82, 2.24) is 19.6 Å². The van der Waals surface area contributed by atoms with Gasteiger partial charge in [0.2, 0.25) is 5.91 Å². The molecule has 2 aromatic rings. The number of aromatic nitrogens is 2. The second-order valence-electron chi connectivity index (χ2n) is 4.86. The average Bonchev–Trinajstić information content (AvgIpc) is 2.63. The molecule has 3 rings (SSSR count). The van der Waals surface area contributed by atoms with E-state index in [9.17, 15) is 4.79 Å². The Balaban J connectivity index is 0.00000110.